The Morgan fingerprint density at radius 3 is 2.22 bits per heavy atom. The predicted octanol–water partition coefficient (Wildman–Crippen LogP) is 5.33. The molecule has 36 heavy (non-hydrogen) atoms. The number of nitrogens with zero attached hydrogens (tertiary/aromatic N) is 3. The fraction of sp³-hybridized carbons (Fsp3) is 0.308. The Labute approximate surface area is 207 Å². The van der Waals surface area contributed by atoms with Crippen LogP contribution in [0.1, 0.15) is 43.7 Å². The molecule has 2 heterocycles. The summed E-state index contributed by atoms with van der Waals surface area (Å²) in [6.07, 6.45) is 1.96. The van der Waals surface area contributed by atoms with E-state index in [-0.39, 0.29) is 29.5 Å². The zero-order chi connectivity index (χ0) is 25.3. The average molecular weight is 491 g/mol. The number of nitrogens with one attached hydrogen (secondary N) is 1. The van der Waals surface area contributed by atoms with Gasteiger partial charge in [0, 0.05) is 31.2 Å². The molecule has 1 fully saturated rings. The van der Waals surface area contributed by atoms with Gasteiger partial charge >= 0.3 is 12.2 Å². The van der Waals surface area contributed by atoms with E-state index >= 15 is 0 Å². The molecule has 0 saturated heterocycles. The Balaban J connectivity index is 1.20. The zero-order valence-corrected chi connectivity index (χ0v) is 20.1. The van der Waals surface area contributed by atoms with Crippen LogP contribution in [-0.2, 0) is 5.41 Å². The maximum atomic E-state index is 10.7. The molecule has 0 radical (unpaired) electrons. The van der Waals surface area contributed by atoms with Crippen molar-refractivity contribution in [2.24, 2.45) is 0 Å². The number of benzene rings is 2. The van der Waals surface area contributed by atoms with Gasteiger partial charge in [-0.1, -0.05) is 38.1 Å². The number of ether oxygens (including phenoxy) is 2. The number of hydrogen-bond acceptors (Lipinski definition) is 8. The summed E-state index contributed by atoms with van der Waals surface area (Å²) in [5.41, 5.74) is 1.99. The lowest BCUT2D eigenvalue weighted by atomic mass is 9.78. The van der Waals surface area contributed by atoms with Crippen molar-refractivity contribution in [3.63, 3.8) is 0 Å². The molecule has 1 amide bonds. The Kier molecular flexibility index (Phi) is 6.09. The van der Waals surface area contributed by atoms with E-state index < -0.39 is 6.09 Å². The monoisotopic (exact) mass is 490 g/mol. The van der Waals surface area contributed by atoms with Crippen molar-refractivity contribution in [3.8, 4) is 29.2 Å². The van der Waals surface area contributed by atoms with Crippen LogP contribution in [0.2, 0.25) is 0 Å². The number of carboxylic acid groups (broad SMARTS) is 1. The molecule has 10 nitrogen and oxygen atoms in total. The van der Waals surface area contributed by atoms with Crippen molar-refractivity contribution >= 4 is 6.09 Å². The molecule has 186 valence electrons. The predicted molar refractivity (Wildman–Crippen MR) is 128 cm³/mol. The van der Waals surface area contributed by atoms with Gasteiger partial charge in [0.25, 0.3) is 5.89 Å². The van der Waals surface area contributed by atoms with Crippen LogP contribution < -0.4 is 14.8 Å². The van der Waals surface area contributed by atoms with Crippen LogP contribution in [0.25, 0.3) is 11.7 Å². The highest BCUT2D eigenvalue weighted by molar-refractivity contribution is 5.65. The molecular weight excluding hydrogens is 464 g/mol. The fourth-order valence-corrected chi connectivity index (χ4v) is 4.10. The summed E-state index contributed by atoms with van der Waals surface area (Å²) in [6, 6.07) is 15.7. The van der Waals surface area contributed by atoms with Gasteiger partial charge in [0.1, 0.15) is 17.6 Å². The maximum Gasteiger partial charge on any atom is 0.404 e. The lowest BCUT2D eigenvalue weighted by Crippen LogP contribution is -2.48. The summed E-state index contributed by atoms with van der Waals surface area (Å²) in [4.78, 5) is 14.8. The van der Waals surface area contributed by atoms with E-state index in [2.05, 4.69) is 46.5 Å². The van der Waals surface area contributed by atoms with E-state index in [9.17, 15) is 4.79 Å². The second kappa shape index (κ2) is 9.37. The molecule has 10 heteroatoms. The van der Waals surface area contributed by atoms with Crippen LogP contribution in [0.3, 0.4) is 0 Å². The molecule has 5 rings (SSSR count). The largest absolute Gasteiger partial charge is 0.490 e. The molecule has 1 aliphatic rings. The van der Waals surface area contributed by atoms with Crippen LogP contribution in [0.4, 0.5) is 4.79 Å². The third-order valence-corrected chi connectivity index (χ3v) is 6.30. The Hall–Kier alpha value is -4.34. The molecule has 0 bridgehead atoms. The van der Waals surface area contributed by atoms with Crippen LogP contribution in [0.15, 0.2) is 63.6 Å². The molecular formula is C26H26N4O6. The van der Waals surface area contributed by atoms with E-state index in [1.807, 2.05) is 36.4 Å². The molecule has 2 N–H and O–H groups in total. The summed E-state index contributed by atoms with van der Waals surface area (Å²) in [6.45, 7) is 6.00. The fourth-order valence-electron chi connectivity index (χ4n) is 4.10. The van der Waals surface area contributed by atoms with Crippen molar-refractivity contribution in [3.05, 3.63) is 71.7 Å². The third-order valence-electron chi connectivity index (χ3n) is 6.30. The normalized spacial score (nSPS) is 17.3. The van der Waals surface area contributed by atoms with Gasteiger partial charge in [-0.05, 0) is 35.4 Å². The van der Waals surface area contributed by atoms with Gasteiger partial charge in [-0.25, -0.2) is 4.79 Å². The number of aryl methyl sites for hydroxylation is 1. The molecule has 0 spiro atoms. The van der Waals surface area contributed by atoms with Crippen LogP contribution in [0.5, 0.6) is 17.6 Å². The van der Waals surface area contributed by atoms with Crippen LogP contribution in [-0.4, -0.2) is 38.5 Å². The number of rotatable bonds is 8. The first-order valence-electron chi connectivity index (χ1n) is 11.6. The number of amides is 1. The molecule has 1 aliphatic carbocycles. The van der Waals surface area contributed by atoms with Gasteiger partial charge in [-0.2, -0.15) is 4.98 Å². The first-order chi connectivity index (χ1) is 17.3. The highest BCUT2D eigenvalue weighted by Crippen LogP contribution is 2.35. The first kappa shape index (κ1) is 23.4. The van der Waals surface area contributed by atoms with Gasteiger partial charge < -0.3 is 28.7 Å². The van der Waals surface area contributed by atoms with E-state index in [1.165, 1.54) is 6.20 Å². The number of hydrogen-bond donors (Lipinski definition) is 2. The van der Waals surface area contributed by atoms with Crippen LogP contribution >= 0.6 is 0 Å². The Morgan fingerprint density at radius 2 is 1.64 bits per heavy atom. The summed E-state index contributed by atoms with van der Waals surface area (Å²) in [5, 5.41) is 18.9. The average Bonchev–Trinajstić information content (AvgIpc) is 3.47. The van der Waals surface area contributed by atoms with Crippen molar-refractivity contribution in [1.82, 2.24) is 20.5 Å². The SMILES string of the molecule is Cc1nnc(-c2cnc(Oc3ccc(C(C)(C)c4ccc(OC5CC(NC(=O)O)C5)cc4)cc3)o2)o1. The van der Waals surface area contributed by atoms with Gasteiger partial charge in [0.15, 0.2) is 0 Å². The smallest absolute Gasteiger partial charge is 0.404 e. The first-order valence-corrected chi connectivity index (χ1v) is 11.6. The molecule has 2 aromatic carbocycles. The number of oxazole rings is 1. The molecule has 0 aliphatic heterocycles. The minimum atomic E-state index is -0.994. The standard InChI is InChI=1S/C26H26N4O6/c1-15-29-30-23(33-15)22-14-27-25(36-22)35-20-10-6-17(7-11-20)26(2,3)16-4-8-19(9-5-16)34-21-12-18(13-21)28-24(31)32/h4-11,14,18,21,28H,12-13H2,1-3H3,(H,31,32). The lowest BCUT2D eigenvalue weighted by Gasteiger charge is -2.35. The summed E-state index contributed by atoms with van der Waals surface area (Å²) in [5.74, 6) is 2.38. The minimum absolute atomic E-state index is 0.0298. The van der Waals surface area contributed by atoms with Crippen molar-refractivity contribution in [1.29, 1.82) is 0 Å². The molecule has 1 saturated carbocycles. The van der Waals surface area contributed by atoms with E-state index in [0.29, 0.717) is 30.2 Å². The molecule has 2 aromatic heterocycles. The van der Waals surface area contributed by atoms with E-state index in [1.54, 1.807) is 6.92 Å². The zero-order valence-electron chi connectivity index (χ0n) is 20.1. The van der Waals surface area contributed by atoms with Gasteiger partial charge in [0.05, 0.1) is 6.20 Å². The topological polar surface area (TPSA) is 133 Å². The molecule has 4 aromatic rings. The van der Waals surface area contributed by atoms with E-state index in [0.717, 1.165) is 16.9 Å². The highest BCUT2D eigenvalue weighted by atomic mass is 16.6. The van der Waals surface area contributed by atoms with E-state index in [4.69, 9.17) is 23.4 Å². The van der Waals surface area contributed by atoms with Gasteiger partial charge in [-0.15, -0.1) is 10.2 Å². The summed E-state index contributed by atoms with van der Waals surface area (Å²) < 4.78 is 22.6. The lowest BCUT2D eigenvalue weighted by molar-refractivity contribution is 0.0833. The maximum absolute atomic E-state index is 10.7. The van der Waals surface area contributed by atoms with Crippen LogP contribution in [0, 0.1) is 6.92 Å². The second-order valence-corrected chi connectivity index (χ2v) is 9.25. The van der Waals surface area contributed by atoms with Crippen molar-refractivity contribution in [2.45, 2.75) is 51.2 Å². The Morgan fingerprint density at radius 1 is 1.00 bits per heavy atom. The van der Waals surface area contributed by atoms with Gasteiger partial charge in [0.2, 0.25) is 11.7 Å². The van der Waals surface area contributed by atoms with Gasteiger partial charge in [-0.3, -0.25) is 0 Å². The Bertz CT molecular complexity index is 1340. The second-order valence-electron chi connectivity index (χ2n) is 9.25. The van der Waals surface area contributed by atoms with Crippen molar-refractivity contribution in [2.75, 3.05) is 0 Å². The summed E-state index contributed by atoms with van der Waals surface area (Å²) in [7, 11) is 0. The quantitative estimate of drug-likeness (QED) is 0.336. The number of aromatic nitrogens is 3. The molecule has 0 atom stereocenters. The minimum Gasteiger partial charge on any atom is -0.490 e. The third kappa shape index (κ3) is 5.02. The van der Waals surface area contributed by atoms with Crippen molar-refractivity contribution < 1.29 is 28.2 Å². The number of carbonyl (C=O) groups is 1. The summed E-state index contributed by atoms with van der Waals surface area (Å²) >= 11 is 0. The highest BCUT2D eigenvalue weighted by Gasteiger charge is 2.32. The molecule has 0 unspecified atom stereocenters.